The van der Waals surface area contributed by atoms with Crippen LogP contribution in [0.4, 0.5) is 0 Å². The lowest BCUT2D eigenvalue weighted by Crippen LogP contribution is -2.09. The molecule has 0 unspecified atom stereocenters. The van der Waals surface area contributed by atoms with Crippen LogP contribution in [0.15, 0.2) is 22.7 Å². The summed E-state index contributed by atoms with van der Waals surface area (Å²) in [6.45, 7) is 7.56. The van der Waals surface area contributed by atoms with Crippen LogP contribution in [0.25, 0.3) is 0 Å². The molecule has 1 fully saturated rings. The summed E-state index contributed by atoms with van der Waals surface area (Å²) < 4.78 is 17.7. The molecule has 1 aromatic carbocycles. The van der Waals surface area contributed by atoms with Crippen molar-refractivity contribution in [3.63, 3.8) is 0 Å². The molecular weight excluding hydrogens is 296 g/mol. The van der Waals surface area contributed by atoms with E-state index >= 15 is 0 Å². The van der Waals surface area contributed by atoms with Gasteiger partial charge in [0.25, 0.3) is 0 Å². The van der Waals surface area contributed by atoms with Crippen molar-refractivity contribution in [3.8, 4) is 5.75 Å². The molecule has 1 saturated heterocycles. The molecule has 2 atom stereocenters. The Kier molecular flexibility index (Phi) is 4.65. The smallest absolute Gasteiger partial charge is 0.120 e. The van der Waals surface area contributed by atoms with Gasteiger partial charge in [-0.05, 0) is 44.5 Å². The van der Waals surface area contributed by atoms with Gasteiger partial charge in [0.05, 0.1) is 25.4 Å². The molecule has 0 radical (unpaired) electrons. The number of hydrogen-bond donors (Lipinski definition) is 0. The Morgan fingerprint density at radius 3 is 2.72 bits per heavy atom. The Balaban J connectivity index is 2.03. The van der Waals surface area contributed by atoms with Crippen molar-refractivity contribution in [1.29, 1.82) is 0 Å². The summed E-state index contributed by atoms with van der Waals surface area (Å²) in [7, 11) is 0. The number of epoxide rings is 1. The molecule has 18 heavy (non-hydrogen) atoms. The lowest BCUT2D eigenvalue weighted by Gasteiger charge is -2.17. The molecule has 0 spiro atoms. The third-order valence-corrected chi connectivity index (χ3v) is 3.43. The zero-order valence-electron chi connectivity index (χ0n) is 11.0. The standard InChI is InChI=1S/C14H19BrO3/c1-9(2)18-11-4-5-14(15)13(6-11)10(3)16-7-12-8-17-12/h4-6,9-10,12H,7-8H2,1-3H3/t10-,12+/m1/s1. The largest absolute Gasteiger partial charge is 0.491 e. The van der Waals surface area contributed by atoms with E-state index in [0.29, 0.717) is 12.7 Å². The van der Waals surface area contributed by atoms with Gasteiger partial charge < -0.3 is 14.2 Å². The SMILES string of the molecule is CC(C)Oc1ccc(Br)c([C@@H](C)OC[C@H]2CO2)c1. The molecule has 3 nitrogen and oxygen atoms in total. The van der Waals surface area contributed by atoms with Crippen molar-refractivity contribution in [2.45, 2.75) is 39.1 Å². The Morgan fingerprint density at radius 1 is 1.39 bits per heavy atom. The first-order valence-electron chi connectivity index (χ1n) is 6.25. The minimum Gasteiger partial charge on any atom is -0.491 e. The Hall–Kier alpha value is -0.580. The minimum atomic E-state index is 0.0271. The predicted octanol–water partition coefficient (Wildman–Crippen LogP) is 3.71. The average molecular weight is 315 g/mol. The van der Waals surface area contributed by atoms with Crippen LogP contribution < -0.4 is 4.74 Å². The van der Waals surface area contributed by atoms with E-state index in [-0.39, 0.29) is 12.2 Å². The highest BCUT2D eigenvalue weighted by Gasteiger charge is 2.24. The van der Waals surface area contributed by atoms with Gasteiger partial charge in [-0.25, -0.2) is 0 Å². The third-order valence-electron chi connectivity index (χ3n) is 2.71. The maximum Gasteiger partial charge on any atom is 0.120 e. The molecule has 0 aromatic heterocycles. The highest BCUT2D eigenvalue weighted by molar-refractivity contribution is 9.10. The van der Waals surface area contributed by atoms with Gasteiger partial charge in [0.15, 0.2) is 0 Å². The number of benzene rings is 1. The summed E-state index contributed by atoms with van der Waals surface area (Å²) >= 11 is 3.55. The second-order valence-corrected chi connectivity index (χ2v) is 5.64. The van der Waals surface area contributed by atoms with Crippen molar-refractivity contribution < 1.29 is 14.2 Å². The Labute approximate surface area is 117 Å². The average Bonchev–Trinajstić information content (AvgIpc) is 3.12. The van der Waals surface area contributed by atoms with Crippen LogP contribution in [0.5, 0.6) is 5.75 Å². The number of hydrogen-bond acceptors (Lipinski definition) is 3. The Bertz CT molecular complexity index is 402. The topological polar surface area (TPSA) is 31.0 Å². The molecule has 1 aliphatic rings. The maximum absolute atomic E-state index is 5.78. The first kappa shape index (κ1) is 13.8. The number of ether oxygens (including phenoxy) is 3. The summed E-state index contributed by atoms with van der Waals surface area (Å²) in [5.74, 6) is 0.876. The highest BCUT2D eigenvalue weighted by Crippen LogP contribution is 2.30. The van der Waals surface area contributed by atoms with Crippen LogP contribution in [0, 0.1) is 0 Å². The van der Waals surface area contributed by atoms with Crippen LogP contribution in [0.2, 0.25) is 0 Å². The van der Waals surface area contributed by atoms with Gasteiger partial charge in [-0.2, -0.15) is 0 Å². The van der Waals surface area contributed by atoms with E-state index in [4.69, 9.17) is 14.2 Å². The van der Waals surface area contributed by atoms with E-state index in [2.05, 4.69) is 15.9 Å². The molecule has 2 rings (SSSR count). The van der Waals surface area contributed by atoms with Crippen molar-refractivity contribution >= 4 is 15.9 Å². The second-order valence-electron chi connectivity index (χ2n) is 4.78. The lowest BCUT2D eigenvalue weighted by molar-refractivity contribution is 0.0533. The first-order chi connectivity index (χ1) is 8.56. The number of halogens is 1. The summed E-state index contributed by atoms with van der Waals surface area (Å²) in [5.41, 5.74) is 1.11. The van der Waals surface area contributed by atoms with E-state index in [9.17, 15) is 0 Å². The highest BCUT2D eigenvalue weighted by atomic mass is 79.9. The van der Waals surface area contributed by atoms with Crippen LogP contribution in [0.1, 0.15) is 32.4 Å². The molecular formula is C14H19BrO3. The van der Waals surface area contributed by atoms with E-state index in [1.54, 1.807) is 0 Å². The zero-order valence-corrected chi connectivity index (χ0v) is 12.6. The van der Waals surface area contributed by atoms with E-state index in [1.807, 2.05) is 39.0 Å². The zero-order chi connectivity index (χ0) is 13.1. The van der Waals surface area contributed by atoms with Crippen molar-refractivity contribution in [2.75, 3.05) is 13.2 Å². The van der Waals surface area contributed by atoms with Gasteiger partial charge in [0, 0.05) is 4.47 Å². The maximum atomic E-state index is 5.78. The lowest BCUT2D eigenvalue weighted by atomic mass is 10.1. The molecule has 0 saturated carbocycles. The quantitative estimate of drug-likeness (QED) is 0.750. The van der Waals surface area contributed by atoms with Crippen LogP contribution >= 0.6 is 15.9 Å². The van der Waals surface area contributed by atoms with Crippen LogP contribution in [0.3, 0.4) is 0 Å². The normalized spacial score (nSPS) is 19.9. The third kappa shape index (κ3) is 3.97. The van der Waals surface area contributed by atoms with E-state index < -0.39 is 0 Å². The second kappa shape index (κ2) is 6.04. The summed E-state index contributed by atoms with van der Waals surface area (Å²) in [5, 5.41) is 0. The monoisotopic (exact) mass is 314 g/mol. The Morgan fingerprint density at radius 2 is 2.11 bits per heavy atom. The van der Waals surface area contributed by atoms with Crippen molar-refractivity contribution in [2.24, 2.45) is 0 Å². The van der Waals surface area contributed by atoms with Gasteiger partial charge in [0.1, 0.15) is 11.9 Å². The van der Waals surface area contributed by atoms with Gasteiger partial charge in [-0.3, -0.25) is 0 Å². The van der Waals surface area contributed by atoms with Gasteiger partial charge in [-0.15, -0.1) is 0 Å². The molecule has 1 aliphatic heterocycles. The molecule has 1 heterocycles. The van der Waals surface area contributed by atoms with E-state index in [1.165, 1.54) is 0 Å². The fraction of sp³-hybridized carbons (Fsp3) is 0.571. The summed E-state index contributed by atoms with van der Waals surface area (Å²) in [6.07, 6.45) is 0.496. The van der Waals surface area contributed by atoms with E-state index in [0.717, 1.165) is 22.4 Å². The molecule has 100 valence electrons. The van der Waals surface area contributed by atoms with Crippen LogP contribution in [-0.4, -0.2) is 25.4 Å². The number of rotatable bonds is 6. The van der Waals surface area contributed by atoms with Gasteiger partial charge in [0.2, 0.25) is 0 Å². The first-order valence-corrected chi connectivity index (χ1v) is 7.05. The van der Waals surface area contributed by atoms with Crippen molar-refractivity contribution in [3.05, 3.63) is 28.2 Å². The summed E-state index contributed by atoms with van der Waals surface area (Å²) in [6, 6.07) is 5.99. The molecule has 0 bridgehead atoms. The molecule has 4 heteroatoms. The molecule has 0 aliphatic carbocycles. The van der Waals surface area contributed by atoms with Crippen molar-refractivity contribution in [1.82, 2.24) is 0 Å². The van der Waals surface area contributed by atoms with Gasteiger partial charge >= 0.3 is 0 Å². The fourth-order valence-electron chi connectivity index (χ4n) is 1.68. The predicted molar refractivity (Wildman–Crippen MR) is 74.0 cm³/mol. The van der Waals surface area contributed by atoms with Crippen LogP contribution in [-0.2, 0) is 9.47 Å². The molecule has 1 aromatic rings. The molecule has 0 amide bonds. The molecule has 0 N–H and O–H groups in total. The summed E-state index contributed by atoms with van der Waals surface area (Å²) in [4.78, 5) is 0. The fourth-order valence-corrected chi connectivity index (χ4v) is 2.25. The van der Waals surface area contributed by atoms with Gasteiger partial charge in [-0.1, -0.05) is 15.9 Å². The minimum absolute atomic E-state index is 0.0271.